The van der Waals surface area contributed by atoms with Crippen molar-refractivity contribution in [2.45, 2.75) is 17.4 Å². The quantitative estimate of drug-likeness (QED) is 0.535. The van der Waals surface area contributed by atoms with Gasteiger partial charge in [-0.1, -0.05) is 36.4 Å². The van der Waals surface area contributed by atoms with Crippen LogP contribution in [0, 0.1) is 0 Å². The molecule has 28 heavy (non-hydrogen) atoms. The maximum Gasteiger partial charge on any atom is 0.294 e. The second kappa shape index (κ2) is 8.55. The molecule has 0 saturated carbocycles. The van der Waals surface area contributed by atoms with Gasteiger partial charge in [0.15, 0.2) is 0 Å². The van der Waals surface area contributed by atoms with Gasteiger partial charge in [0.25, 0.3) is 10.1 Å². The third kappa shape index (κ3) is 4.34. The molecule has 0 fully saturated rings. The largest absolute Gasteiger partial charge is 0.294 e. The van der Waals surface area contributed by atoms with Crippen LogP contribution in [0.5, 0.6) is 0 Å². The Morgan fingerprint density at radius 2 is 1.68 bits per heavy atom. The Bertz CT molecular complexity index is 1070. The van der Waals surface area contributed by atoms with E-state index in [1.165, 1.54) is 12.1 Å². The Labute approximate surface area is 186 Å². The zero-order valence-corrected chi connectivity index (χ0v) is 18.1. The van der Waals surface area contributed by atoms with Gasteiger partial charge < -0.3 is 0 Å². The van der Waals surface area contributed by atoms with Crippen molar-refractivity contribution < 1.29 is 13.0 Å². The number of hydrogen-bond donors (Lipinski definition) is 1. The second-order valence-corrected chi connectivity index (χ2v) is 7.65. The van der Waals surface area contributed by atoms with Crippen molar-refractivity contribution in [2.75, 3.05) is 5.01 Å². The summed E-state index contributed by atoms with van der Waals surface area (Å²) in [7, 11) is -4.23. The number of hydrazone groups is 1. The Kier molecular flexibility index (Phi) is 6.32. The fourth-order valence-corrected chi connectivity index (χ4v) is 3.64. The molecule has 1 atom stereocenters. The summed E-state index contributed by atoms with van der Waals surface area (Å²) in [5, 5.41) is 6.66. The summed E-state index contributed by atoms with van der Waals surface area (Å²) in [5.74, 6) is 0. The molecule has 1 aromatic heterocycles. The summed E-state index contributed by atoms with van der Waals surface area (Å²) in [4.78, 5) is 4.07. The summed E-state index contributed by atoms with van der Waals surface area (Å²) in [6.07, 6.45) is 4.24. The van der Waals surface area contributed by atoms with E-state index in [1.54, 1.807) is 18.3 Å². The first-order chi connectivity index (χ1) is 13.0. The summed E-state index contributed by atoms with van der Waals surface area (Å²) in [6.45, 7) is 0. The summed E-state index contributed by atoms with van der Waals surface area (Å²) in [6, 6.07) is 19.8. The van der Waals surface area contributed by atoms with Crippen LogP contribution >= 0.6 is 0 Å². The van der Waals surface area contributed by atoms with E-state index in [1.807, 2.05) is 53.7 Å². The summed E-state index contributed by atoms with van der Waals surface area (Å²) >= 11 is 0. The first-order valence-corrected chi connectivity index (χ1v) is 9.86. The van der Waals surface area contributed by atoms with E-state index in [9.17, 15) is 13.0 Å². The van der Waals surface area contributed by atoms with Gasteiger partial charge in [-0.05, 0) is 41.5 Å². The van der Waals surface area contributed by atoms with Gasteiger partial charge in [0, 0.05) is 48.4 Å². The average molecular weight is 402 g/mol. The van der Waals surface area contributed by atoms with Gasteiger partial charge in [-0.15, -0.1) is 0 Å². The average Bonchev–Trinajstić information content (AvgIpc) is 3.14. The molecule has 1 radical (unpaired) electrons. The van der Waals surface area contributed by atoms with E-state index in [0.29, 0.717) is 6.42 Å². The van der Waals surface area contributed by atoms with Crippen LogP contribution in [0.2, 0.25) is 0 Å². The van der Waals surface area contributed by atoms with Crippen molar-refractivity contribution in [3.63, 3.8) is 0 Å². The molecule has 6 nitrogen and oxygen atoms in total. The molecule has 0 spiro atoms. The Morgan fingerprint density at radius 3 is 2.29 bits per heavy atom. The van der Waals surface area contributed by atoms with Crippen LogP contribution in [0.15, 0.2) is 89.1 Å². The number of anilines is 1. The molecule has 2 heterocycles. The molecule has 0 aliphatic carbocycles. The van der Waals surface area contributed by atoms with Crippen molar-refractivity contribution in [1.82, 2.24) is 4.98 Å². The van der Waals surface area contributed by atoms with Crippen molar-refractivity contribution >= 4 is 51.1 Å². The van der Waals surface area contributed by atoms with Gasteiger partial charge in [-0.2, -0.15) is 13.5 Å². The Balaban J connectivity index is 0.00000225. The molecule has 8 heteroatoms. The van der Waals surface area contributed by atoms with Crippen LogP contribution in [-0.4, -0.2) is 53.2 Å². The smallest absolute Gasteiger partial charge is 0.282 e. The number of aromatic nitrogens is 1. The number of pyridine rings is 1. The van der Waals surface area contributed by atoms with Crippen LogP contribution in [-0.2, 0) is 10.1 Å². The third-order valence-corrected chi connectivity index (χ3v) is 5.35. The molecule has 137 valence electrons. The zero-order valence-electron chi connectivity index (χ0n) is 15.3. The van der Waals surface area contributed by atoms with E-state index < -0.39 is 10.1 Å². The SMILES string of the molecule is O=S(=O)(O)c1ccc(N2N=C(c3ccccc3)CC2c2cccnc2)cc1.[Na]. The predicted octanol–water partition coefficient (Wildman–Crippen LogP) is 3.30. The van der Waals surface area contributed by atoms with Gasteiger partial charge >= 0.3 is 0 Å². The minimum Gasteiger partial charge on any atom is -0.282 e. The van der Waals surface area contributed by atoms with Crippen LogP contribution < -0.4 is 5.01 Å². The third-order valence-electron chi connectivity index (χ3n) is 4.49. The molecule has 0 saturated heterocycles. The number of nitrogens with zero attached hydrogens (tertiary/aromatic N) is 3. The molecule has 1 unspecified atom stereocenters. The van der Waals surface area contributed by atoms with Crippen molar-refractivity contribution in [2.24, 2.45) is 5.10 Å². The molecule has 1 aliphatic heterocycles. The van der Waals surface area contributed by atoms with E-state index in [2.05, 4.69) is 4.98 Å². The maximum absolute atomic E-state index is 11.3. The second-order valence-electron chi connectivity index (χ2n) is 6.23. The Hall–Kier alpha value is -2.03. The van der Waals surface area contributed by atoms with E-state index in [4.69, 9.17) is 5.10 Å². The van der Waals surface area contributed by atoms with Gasteiger partial charge in [0.05, 0.1) is 22.3 Å². The molecule has 0 amide bonds. The first-order valence-electron chi connectivity index (χ1n) is 8.42. The molecular formula is C20H17N3NaO3S. The number of rotatable bonds is 4. The predicted molar refractivity (Wildman–Crippen MR) is 109 cm³/mol. The monoisotopic (exact) mass is 402 g/mol. The standard InChI is InChI=1S/C20H17N3O3S.Na/c24-27(25,26)18-10-8-17(9-11-18)23-20(16-7-4-12-21-14-16)13-19(22-23)15-5-2-1-3-6-15;/h1-12,14,20H,13H2,(H,24,25,26);. The van der Waals surface area contributed by atoms with Crippen molar-refractivity contribution in [3.05, 3.63) is 90.3 Å². The molecule has 1 aliphatic rings. The summed E-state index contributed by atoms with van der Waals surface area (Å²) in [5.41, 5.74) is 3.75. The molecule has 4 rings (SSSR count). The molecule has 0 bridgehead atoms. The maximum atomic E-state index is 11.3. The van der Waals surface area contributed by atoms with Crippen molar-refractivity contribution in [3.8, 4) is 0 Å². The topological polar surface area (TPSA) is 82.9 Å². The van der Waals surface area contributed by atoms with Gasteiger partial charge in [0.2, 0.25) is 0 Å². The Morgan fingerprint density at radius 1 is 0.964 bits per heavy atom. The van der Waals surface area contributed by atoms with E-state index >= 15 is 0 Å². The summed E-state index contributed by atoms with van der Waals surface area (Å²) < 4.78 is 31.8. The normalized spacial score (nSPS) is 16.4. The molecule has 3 aromatic rings. The fourth-order valence-electron chi connectivity index (χ4n) is 3.16. The molecule has 1 N–H and O–H groups in total. The van der Waals surface area contributed by atoms with Crippen LogP contribution in [0.1, 0.15) is 23.6 Å². The van der Waals surface area contributed by atoms with E-state index in [0.717, 1.165) is 22.5 Å². The van der Waals surface area contributed by atoms with Crippen LogP contribution in [0.4, 0.5) is 5.69 Å². The minimum absolute atomic E-state index is 0. The van der Waals surface area contributed by atoms with E-state index in [-0.39, 0.29) is 40.5 Å². The van der Waals surface area contributed by atoms with Gasteiger partial charge in [0.1, 0.15) is 0 Å². The minimum atomic E-state index is -4.23. The molecule has 2 aromatic carbocycles. The zero-order chi connectivity index (χ0) is 18.9. The van der Waals surface area contributed by atoms with Crippen LogP contribution in [0.25, 0.3) is 0 Å². The fraction of sp³-hybridized carbons (Fsp3) is 0.100. The number of hydrogen-bond acceptors (Lipinski definition) is 5. The van der Waals surface area contributed by atoms with Gasteiger partial charge in [-0.25, -0.2) is 0 Å². The van der Waals surface area contributed by atoms with Crippen LogP contribution in [0.3, 0.4) is 0 Å². The first kappa shape index (κ1) is 20.7. The van der Waals surface area contributed by atoms with Crippen molar-refractivity contribution in [1.29, 1.82) is 0 Å². The number of benzene rings is 2. The van der Waals surface area contributed by atoms with Gasteiger partial charge in [-0.3, -0.25) is 14.5 Å². The molecular weight excluding hydrogens is 385 g/mol.